The molecule has 0 aliphatic heterocycles. The average Bonchev–Trinajstić information content (AvgIpc) is 2.17. The highest BCUT2D eigenvalue weighted by atomic mass is 16.3. The van der Waals surface area contributed by atoms with Crippen LogP contribution < -0.4 is 5.73 Å². The van der Waals surface area contributed by atoms with Crippen LogP contribution in [0, 0.1) is 5.92 Å². The molecule has 0 bridgehead atoms. The van der Waals surface area contributed by atoms with Crippen molar-refractivity contribution < 1.29 is 5.11 Å². The molecule has 0 aromatic rings. The Morgan fingerprint density at radius 3 is 2.42 bits per heavy atom. The molecule has 0 heterocycles. The van der Waals surface area contributed by atoms with Crippen LogP contribution in [-0.4, -0.2) is 17.3 Å². The molecule has 70 valence electrons. The molecular weight excluding hydrogens is 150 g/mol. The summed E-state index contributed by atoms with van der Waals surface area (Å²) in [5, 5.41) is 9.75. The Balaban J connectivity index is 2.38. The Labute approximate surface area is 74.5 Å². The van der Waals surface area contributed by atoms with E-state index in [0.29, 0.717) is 5.92 Å². The van der Waals surface area contributed by atoms with E-state index in [0.717, 1.165) is 12.8 Å². The minimum absolute atomic E-state index is 0.243. The molecule has 12 heavy (non-hydrogen) atoms. The first-order valence-corrected chi connectivity index (χ1v) is 4.82. The van der Waals surface area contributed by atoms with Gasteiger partial charge < -0.3 is 10.8 Å². The Kier molecular flexibility index (Phi) is 3.76. The van der Waals surface area contributed by atoms with Gasteiger partial charge in [0.2, 0.25) is 0 Å². The highest BCUT2D eigenvalue weighted by Gasteiger charge is 2.24. The van der Waals surface area contributed by atoms with E-state index in [1.165, 1.54) is 19.3 Å². The molecule has 0 unspecified atom stereocenters. The van der Waals surface area contributed by atoms with Gasteiger partial charge in [0.15, 0.2) is 0 Å². The maximum absolute atomic E-state index is 9.75. The molecule has 2 nitrogen and oxygen atoms in total. The molecule has 1 saturated carbocycles. The van der Waals surface area contributed by atoms with Crippen LogP contribution in [0.5, 0.6) is 0 Å². The fraction of sp³-hybridized carbons (Fsp3) is 0.800. The fourth-order valence-corrected chi connectivity index (χ4v) is 1.93. The molecule has 0 spiro atoms. The summed E-state index contributed by atoms with van der Waals surface area (Å²) in [6.45, 7) is 3.59. The summed E-state index contributed by atoms with van der Waals surface area (Å²) >= 11 is 0. The first kappa shape index (κ1) is 9.75. The van der Waals surface area contributed by atoms with Gasteiger partial charge in [-0.25, -0.2) is 0 Å². The molecule has 2 atom stereocenters. The summed E-state index contributed by atoms with van der Waals surface area (Å²) in [6.07, 6.45) is 7.32. The van der Waals surface area contributed by atoms with E-state index >= 15 is 0 Å². The van der Waals surface area contributed by atoms with Crippen molar-refractivity contribution in [1.82, 2.24) is 0 Å². The summed E-state index contributed by atoms with van der Waals surface area (Å²) in [4.78, 5) is 0. The number of aliphatic hydroxyl groups excluding tert-OH is 1. The van der Waals surface area contributed by atoms with E-state index in [1.807, 2.05) is 0 Å². The van der Waals surface area contributed by atoms with Gasteiger partial charge in [0, 0.05) is 6.04 Å². The van der Waals surface area contributed by atoms with Gasteiger partial charge in [0.25, 0.3) is 0 Å². The molecule has 1 aliphatic rings. The number of hydrogen-bond donors (Lipinski definition) is 2. The zero-order valence-electron chi connectivity index (χ0n) is 7.58. The third-order valence-corrected chi connectivity index (χ3v) is 2.80. The number of rotatable bonds is 3. The van der Waals surface area contributed by atoms with Gasteiger partial charge in [0.1, 0.15) is 0 Å². The van der Waals surface area contributed by atoms with Crippen LogP contribution in [0.4, 0.5) is 0 Å². The van der Waals surface area contributed by atoms with Crippen molar-refractivity contribution in [2.45, 2.75) is 44.2 Å². The quantitative estimate of drug-likeness (QED) is 0.628. The lowest BCUT2D eigenvalue weighted by Crippen LogP contribution is -2.39. The molecule has 1 fully saturated rings. The van der Waals surface area contributed by atoms with E-state index in [1.54, 1.807) is 6.08 Å². The Morgan fingerprint density at radius 1 is 1.33 bits per heavy atom. The standard InChI is InChI=1S/C10H19NO/c1-2-9(11)10(12)8-6-4-3-5-7-8/h2,8-10,12H,1,3-7,11H2/t9-,10+/m1/s1. The van der Waals surface area contributed by atoms with Crippen LogP contribution in [0.25, 0.3) is 0 Å². The van der Waals surface area contributed by atoms with Crippen LogP contribution in [0.3, 0.4) is 0 Å². The van der Waals surface area contributed by atoms with Crippen molar-refractivity contribution >= 4 is 0 Å². The molecule has 2 heteroatoms. The van der Waals surface area contributed by atoms with E-state index in [-0.39, 0.29) is 12.1 Å². The van der Waals surface area contributed by atoms with Crippen molar-refractivity contribution in [2.24, 2.45) is 11.7 Å². The minimum Gasteiger partial charge on any atom is -0.391 e. The monoisotopic (exact) mass is 169 g/mol. The second-order valence-corrected chi connectivity index (χ2v) is 3.70. The minimum atomic E-state index is -0.372. The summed E-state index contributed by atoms with van der Waals surface area (Å²) in [5.41, 5.74) is 5.68. The highest BCUT2D eigenvalue weighted by Crippen LogP contribution is 2.27. The third-order valence-electron chi connectivity index (χ3n) is 2.80. The molecule has 0 amide bonds. The Bertz CT molecular complexity index is 141. The summed E-state index contributed by atoms with van der Waals surface area (Å²) in [7, 11) is 0. The summed E-state index contributed by atoms with van der Waals surface area (Å²) in [5.74, 6) is 0.409. The van der Waals surface area contributed by atoms with Crippen LogP contribution in [0.15, 0.2) is 12.7 Å². The van der Waals surface area contributed by atoms with E-state index in [2.05, 4.69) is 6.58 Å². The molecule has 1 rings (SSSR count). The predicted octanol–water partition coefficient (Wildman–Crippen LogP) is 1.44. The maximum atomic E-state index is 9.75. The van der Waals surface area contributed by atoms with Crippen LogP contribution in [0.2, 0.25) is 0 Å². The van der Waals surface area contributed by atoms with Gasteiger partial charge >= 0.3 is 0 Å². The second-order valence-electron chi connectivity index (χ2n) is 3.70. The lowest BCUT2D eigenvalue weighted by molar-refractivity contribution is 0.0743. The topological polar surface area (TPSA) is 46.2 Å². The molecule has 0 saturated heterocycles. The maximum Gasteiger partial charge on any atom is 0.0754 e. The largest absolute Gasteiger partial charge is 0.391 e. The number of hydrogen-bond acceptors (Lipinski definition) is 2. The zero-order chi connectivity index (χ0) is 8.97. The Hall–Kier alpha value is -0.340. The van der Waals surface area contributed by atoms with Gasteiger partial charge in [-0.1, -0.05) is 25.3 Å². The number of aliphatic hydroxyl groups is 1. The summed E-state index contributed by atoms with van der Waals surface area (Å²) < 4.78 is 0. The van der Waals surface area contributed by atoms with Gasteiger partial charge in [-0.2, -0.15) is 0 Å². The molecule has 1 aliphatic carbocycles. The van der Waals surface area contributed by atoms with Gasteiger partial charge in [-0.05, 0) is 18.8 Å². The van der Waals surface area contributed by atoms with Crippen LogP contribution in [0.1, 0.15) is 32.1 Å². The molecule has 0 aromatic carbocycles. The van der Waals surface area contributed by atoms with Crippen molar-refractivity contribution in [2.75, 3.05) is 0 Å². The fourth-order valence-electron chi connectivity index (χ4n) is 1.93. The predicted molar refractivity (Wildman–Crippen MR) is 50.8 cm³/mol. The lowest BCUT2D eigenvalue weighted by atomic mass is 9.83. The van der Waals surface area contributed by atoms with Crippen molar-refractivity contribution in [3.8, 4) is 0 Å². The molecule has 3 N–H and O–H groups in total. The third kappa shape index (κ3) is 2.32. The molecule has 0 aromatic heterocycles. The van der Waals surface area contributed by atoms with Crippen LogP contribution >= 0.6 is 0 Å². The smallest absolute Gasteiger partial charge is 0.0754 e. The van der Waals surface area contributed by atoms with E-state index < -0.39 is 0 Å². The van der Waals surface area contributed by atoms with Crippen LogP contribution in [-0.2, 0) is 0 Å². The van der Waals surface area contributed by atoms with E-state index in [4.69, 9.17) is 5.73 Å². The zero-order valence-corrected chi connectivity index (χ0v) is 7.58. The average molecular weight is 169 g/mol. The van der Waals surface area contributed by atoms with E-state index in [9.17, 15) is 5.11 Å². The number of nitrogens with two attached hydrogens (primary N) is 1. The van der Waals surface area contributed by atoms with Crippen molar-refractivity contribution in [1.29, 1.82) is 0 Å². The highest BCUT2D eigenvalue weighted by molar-refractivity contribution is 4.92. The normalized spacial score (nSPS) is 24.8. The van der Waals surface area contributed by atoms with Gasteiger partial charge in [0.05, 0.1) is 6.10 Å². The SMILES string of the molecule is C=C[C@@H](N)[C@@H](O)C1CCCCC1. The Morgan fingerprint density at radius 2 is 1.92 bits per heavy atom. The summed E-state index contributed by atoms with van der Waals surface area (Å²) in [6, 6.07) is -0.243. The first-order chi connectivity index (χ1) is 5.75. The molecule has 0 radical (unpaired) electrons. The second kappa shape index (κ2) is 4.63. The van der Waals surface area contributed by atoms with Gasteiger partial charge in [-0.3, -0.25) is 0 Å². The first-order valence-electron chi connectivity index (χ1n) is 4.82. The lowest BCUT2D eigenvalue weighted by Gasteiger charge is -2.28. The molecular formula is C10H19NO. The van der Waals surface area contributed by atoms with Gasteiger partial charge in [-0.15, -0.1) is 6.58 Å². The van der Waals surface area contributed by atoms with Crippen molar-refractivity contribution in [3.05, 3.63) is 12.7 Å². The van der Waals surface area contributed by atoms with Crippen molar-refractivity contribution in [3.63, 3.8) is 0 Å².